The van der Waals surface area contributed by atoms with Crippen molar-refractivity contribution in [1.29, 1.82) is 0 Å². The van der Waals surface area contributed by atoms with Gasteiger partial charge in [-0.2, -0.15) is 0 Å². The number of piperidine rings is 1. The summed E-state index contributed by atoms with van der Waals surface area (Å²) in [5.41, 5.74) is 6.78. The molecule has 0 saturated carbocycles. The Morgan fingerprint density at radius 2 is 2.20 bits per heavy atom. The van der Waals surface area contributed by atoms with E-state index in [0.29, 0.717) is 30.1 Å². The van der Waals surface area contributed by atoms with Crippen molar-refractivity contribution < 1.29 is 9.72 Å². The maximum atomic E-state index is 12.5. The van der Waals surface area contributed by atoms with Crippen LogP contribution in [-0.4, -0.2) is 34.9 Å². The number of nitro groups is 1. The smallest absolute Gasteiger partial charge is 0.273 e. The van der Waals surface area contributed by atoms with E-state index in [9.17, 15) is 14.9 Å². The largest absolute Gasteiger partial charge is 0.337 e. The number of rotatable bonds is 2. The van der Waals surface area contributed by atoms with Crippen LogP contribution in [-0.2, 0) is 0 Å². The molecule has 0 bridgehead atoms. The van der Waals surface area contributed by atoms with Crippen molar-refractivity contribution in [2.45, 2.75) is 26.3 Å². The van der Waals surface area contributed by atoms with Crippen molar-refractivity contribution in [3.05, 3.63) is 39.4 Å². The van der Waals surface area contributed by atoms with Gasteiger partial charge in [0, 0.05) is 36.3 Å². The third kappa shape index (κ3) is 2.65. The number of nitro benzene ring substituents is 1. The first-order valence-corrected chi connectivity index (χ1v) is 6.70. The fraction of sp³-hybridized carbons (Fsp3) is 0.500. The standard InChI is InChI=1S/C14H19N3O3/c1-9-6-7-16(8-12(9)15)14(18)11-4-3-5-13(10(11)2)17(19)20/h3-5,9,12H,6-8,15H2,1-2H3. The average Bonchev–Trinajstić information content (AvgIpc) is 2.41. The Balaban J connectivity index is 2.26. The van der Waals surface area contributed by atoms with Crippen LogP contribution in [0.5, 0.6) is 0 Å². The summed E-state index contributed by atoms with van der Waals surface area (Å²) in [6.45, 7) is 4.83. The fourth-order valence-corrected chi connectivity index (χ4v) is 2.51. The fourth-order valence-electron chi connectivity index (χ4n) is 2.51. The number of nitrogens with two attached hydrogens (primary N) is 1. The maximum Gasteiger partial charge on any atom is 0.273 e. The summed E-state index contributed by atoms with van der Waals surface area (Å²) in [7, 11) is 0. The van der Waals surface area contributed by atoms with Crippen molar-refractivity contribution in [3.63, 3.8) is 0 Å². The lowest BCUT2D eigenvalue weighted by Crippen LogP contribution is -2.49. The lowest BCUT2D eigenvalue weighted by Gasteiger charge is -2.35. The molecule has 0 radical (unpaired) electrons. The Morgan fingerprint density at radius 3 is 2.80 bits per heavy atom. The van der Waals surface area contributed by atoms with Gasteiger partial charge < -0.3 is 10.6 Å². The summed E-state index contributed by atoms with van der Waals surface area (Å²) >= 11 is 0. The van der Waals surface area contributed by atoms with E-state index in [0.717, 1.165) is 6.42 Å². The van der Waals surface area contributed by atoms with Crippen LogP contribution >= 0.6 is 0 Å². The highest BCUT2D eigenvalue weighted by Crippen LogP contribution is 2.24. The van der Waals surface area contributed by atoms with Gasteiger partial charge in [-0.05, 0) is 25.3 Å². The van der Waals surface area contributed by atoms with Gasteiger partial charge >= 0.3 is 0 Å². The highest BCUT2D eigenvalue weighted by molar-refractivity contribution is 5.96. The monoisotopic (exact) mass is 277 g/mol. The first kappa shape index (κ1) is 14.5. The number of amides is 1. The van der Waals surface area contributed by atoms with Gasteiger partial charge in [0.2, 0.25) is 0 Å². The van der Waals surface area contributed by atoms with Crippen molar-refractivity contribution in [3.8, 4) is 0 Å². The van der Waals surface area contributed by atoms with Crippen molar-refractivity contribution in [2.75, 3.05) is 13.1 Å². The normalized spacial score (nSPS) is 22.6. The van der Waals surface area contributed by atoms with Crippen LogP contribution < -0.4 is 5.73 Å². The first-order valence-electron chi connectivity index (χ1n) is 6.70. The number of benzene rings is 1. The molecule has 1 saturated heterocycles. The van der Waals surface area contributed by atoms with Gasteiger partial charge in [0.15, 0.2) is 0 Å². The van der Waals surface area contributed by atoms with Crippen LogP contribution in [0.25, 0.3) is 0 Å². The molecular weight excluding hydrogens is 258 g/mol. The number of hydrogen-bond donors (Lipinski definition) is 1. The Bertz CT molecular complexity index is 544. The van der Waals surface area contributed by atoms with E-state index in [4.69, 9.17) is 5.73 Å². The van der Waals surface area contributed by atoms with Gasteiger partial charge in [-0.15, -0.1) is 0 Å². The highest BCUT2D eigenvalue weighted by Gasteiger charge is 2.28. The molecule has 1 aliphatic heterocycles. The Morgan fingerprint density at radius 1 is 1.50 bits per heavy atom. The summed E-state index contributed by atoms with van der Waals surface area (Å²) in [5, 5.41) is 10.9. The number of carbonyl (C=O) groups is 1. The maximum absolute atomic E-state index is 12.5. The van der Waals surface area contributed by atoms with Crippen LogP contribution in [0, 0.1) is 23.0 Å². The van der Waals surface area contributed by atoms with Crippen LogP contribution in [0.1, 0.15) is 29.3 Å². The lowest BCUT2D eigenvalue weighted by atomic mass is 9.93. The van der Waals surface area contributed by atoms with E-state index in [2.05, 4.69) is 6.92 Å². The topological polar surface area (TPSA) is 89.5 Å². The minimum Gasteiger partial charge on any atom is -0.337 e. The minimum absolute atomic E-state index is 0.0227. The molecule has 108 valence electrons. The summed E-state index contributed by atoms with van der Waals surface area (Å²) < 4.78 is 0. The van der Waals surface area contributed by atoms with Crippen LogP contribution in [0.15, 0.2) is 18.2 Å². The predicted octanol–water partition coefficient (Wildman–Crippen LogP) is 1.71. The van der Waals surface area contributed by atoms with Gasteiger partial charge in [0.05, 0.1) is 4.92 Å². The van der Waals surface area contributed by atoms with Crippen LogP contribution in [0.4, 0.5) is 5.69 Å². The second kappa shape index (κ2) is 5.58. The number of nitrogens with zero attached hydrogens (tertiary/aromatic N) is 2. The zero-order valence-electron chi connectivity index (χ0n) is 11.7. The number of likely N-dealkylation sites (tertiary alicyclic amines) is 1. The quantitative estimate of drug-likeness (QED) is 0.658. The second-order valence-electron chi connectivity index (χ2n) is 5.39. The lowest BCUT2D eigenvalue weighted by molar-refractivity contribution is -0.385. The van der Waals surface area contributed by atoms with Gasteiger partial charge in [0.25, 0.3) is 11.6 Å². The molecule has 0 aliphatic carbocycles. The van der Waals surface area contributed by atoms with E-state index >= 15 is 0 Å². The van der Waals surface area contributed by atoms with Crippen molar-refractivity contribution in [1.82, 2.24) is 4.90 Å². The molecule has 1 heterocycles. The molecule has 1 aromatic rings. The molecule has 2 unspecified atom stereocenters. The van der Waals surface area contributed by atoms with E-state index in [1.54, 1.807) is 24.0 Å². The Kier molecular flexibility index (Phi) is 4.04. The highest BCUT2D eigenvalue weighted by atomic mass is 16.6. The number of hydrogen-bond acceptors (Lipinski definition) is 4. The molecule has 6 heteroatoms. The molecule has 1 fully saturated rings. The molecule has 1 amide bonds. The summed E-state index contributed by atoms with van der Waals surface area (Å²) in [6, 6.07) is 4.56. The van der Waals surface area contributed by atoms with Crippen molar-refractivity contribution >= 4 is 11.6 Å². The van der Waals surface area contributed by atoms with E-state index in [1.165, 1.54) is 6.07 Å². The van der Waals surface area contributed by atoms with Gasteiger partial charge in [0.1, 0.15) is 0 Å². The van der Waals surface area contributed by atoms with Crippen LogP contribution in [0.2, 0.25) is 0 Å². The zero-order chi connectivity index (χ0) is 14.9. The molecule has 0 spiro atoms. The Labute approximate surface area is 117 Å². The molecule has 1 aromatic carbocycles. The SMILES string of the molecule is Cc1c(C(=O)N2CCC(C)C(N)C2)cccc1[N+](=O)[O-]. The van der Waals surface area contributed by atoms with E-state index in [1.807, 2.05) is 0 Å². The van der Waals surface area contributed by atoms with Gasteiger partial charge in [-0.25, -0.2) is 0 Å². The van der Waals surface area contributed by atoms with Crippen LogP contribution in [0.3, 0.4) is 0 Å². The zero-order valence-corrected chi connectivity index (χ0v) is 11.7. The molecule has 2 atom stereocenters. The molecule has 2 rings (SSSR count). The number of carbonyl (C=O) groups excluding carboxylic acids is 1. The molecule has 2 N–H and O–H groups in total. The summed E-state index contributed by atoms with van der Waals surface area (Å²) in [5.74, 6) is 0.221. The Hall–Kier alpha value is -1.95. The molecular formula is C14H19N3O3. The average molecular weight is 277 g/mol. The molecule has 6 nitrogen and oxygen atoms in total. The van der Waals surface area contributed by atoms with E-state index in [-0.39, 0.29) is 17.6 Å². The summed E-state index contributed by atoms with van der Waals surface area (Å²) in [6.07, 6.45) is 0.862. The van der Waals surface area contributed by atoms with Gasteiger partial charge in [-0.1, -0.05) is 13.0 Å². The molecule has 1 aliphatic rings. The molecule has 0 aromatic heterocycles. The van der Waals surface area contributed by atoms with E-state index < -0.39 is 4.92 Å². The predicted molar refractivity (Wildman–Crippen MR) is 75.5 cm³/mol. The third-order valence-electron chi connectivity index (χ3n) is 4.04. The summed E-state index contributed by atoms with van der Waals surface area (Å²) in [4.78, 5) is 24.7. The van der Waals surface area contributed by atoms with Gasteiger partial charge in [-0.3, -0.25) is 14.9 Å². The minimum atomic E-state index is -0.462. The molecule has 20 heavy (non-hydrogen) atoms. The van der Waals surface area contributed by atoms with Crippen molar-refractivity contribution in [2.24, 2.45) is 11.7 Å². The third-order valence-corrected chi connectivity index (χ3v) is 4.04. The first-order chi connectivity index (χ1) is 9.41. The second-order valence-corrected chi connectivity index (χ2v) is 5.39.